The van der Waals surface area contributed by atoms with Gasteiger partial charge in [-0.1, -0.05) is 0 Å². The molecule has 0 spiro atoms. The molecule has 0 bridgehead atoms. The summed E-state index contributed by atoms with van der Waals surface area (Å²) in [6.07, 6.45) is 4.70. The van der Waals surface area contributed by atoms with Gasteiger partial charge in [0.2, 0.25) is 0 Å². The van der Waals surface area contributed by atoms with E-state index in [0.717, 1.165) is 18.1 Å². The van der Waals surface area contributed by atoms with Gasteiger partial charge in [0, 0.05) is 25.0 Å². The first kappa shape index (κ1) is 11.8. The molecule has 2 rings (SSSR count). The summed E-state index contributed by atoms with van der Waals surface area (Å²) in [6, 6.07) is 0.195. The number of aryl methyl sites for hydroxylation is 1. The second kappa shape index (κ2) is 4.69. The van der Waals surface area contributed by atoms with Gasteiger partial charge in [-0.2, -0.15) is 0 Å². The highest BCUT2D eigenvalue weighted by Crippen LogP contribution is 2.27. The van der Waals surface area contributed by atoms with E-state index in [9.17, 15) is 4.79 Å². The van der Waals surface area contributed by atoms with Gasteiger partial charge in [0.25, 0.3) is 0 Å². The van der Waals surface area contributed by atoms with Crippen molar-refractivity contribution in [1.29, 1.82) is 0 Å². The molecule has 5 nitrogen and oxygen atoms in total. The molecule has 1 fully saturated rings. The van der Waals surface area contributed by atoms with Gasteiger partial charge in [-0.3, -0.25) is 9.78 Å². The van der Waals surface area contributed by atoms with Crippen molar-refractivity contribution < 1.29 is 9.90 Å². The topological polar surface area (TPSA) is 66.3 Å². The SMILES string of the molecule is Cc1nccnc1N1CCC(C(=O)O)CC1C. The molecule has 0 aliphatic carbocycles. The molecule has 2 heterocycles. The lowest BCUT2D eigenvalue weighted by Gasteiger charge is -2.37. The monoisotopic (exact) mass is 235 g/mol. The third-order valence-electron chi connectivity index (χ3n) is 3.35. The number of rotatable bonds is 2. The number of carboxylic acids is 1. The van der Waals surface area contributed by atoms with Crippen LogP contribution in [0.2, 0.25) is 0 Å². The highest BCUT2D eigenvalue weighted by Gasteiger charge is 2.30. The normalized spacial score (nSPS) is 24.7. The molecule has 1 N–H and O–H groups in total. The summed E-state index contributed by atoms with van der Waals surface area (Å²) in [5, 5.41) is 9.02. The maximum Gasteiger partial charge on any atom is 0.306 e. The molecule has 0 amide bonds. The van der Waals surface area contributed by atoms with Gasteiger partial charge < -0.3 is 10.0 Å². The first-order valence-corrected chi connectivity index (χ1v) is 5.86. The molecule has 0 radical (unpaired) electrons. The Morgan fingerprint density at radius 2 is 2.18 bits per heavy atom. The van der Waals surface area contributed by atoms with Gasteiger partial charge in [-0.05, 0) is 26.7 Å². The molecule has 1 aliphatic heterocycles. The predicted molar refractivity (Wildman–Crippen MR) is 63.9 cm³/mol. The highest BCUT2D eigenvalue weighted by molar-refractivity contribution is 5.70. The molecule has 2 atom stereocenters. The van der Waals surface area contributed by atoms with Crippen molar-refractivity contribution in [3.63, 3.8) is 0 Å². The minimum absolute atomic E-state index is 0.195. The Hall–Kier alpha value is -1.65. The second-order valence-electron chi connectivity index (χ2n) is 4.57. The number of aromatic nitrogens is 2. The average Bonchev–Trinajstić information content (AvgIpc) is 2.30. The van der Waals surface area contributed by atoms with Crippen molar-refractivity contribution in [1.82, 2.24) is 9.97 Å². The van der Waals surface area contributed by atoms with E-state index in [1.54, 1.807) is 12.4 Å². The molecule has 1 aromatic heterocycles. The largest absolute Gasteiger partial charge is 0.481 e. The maximum atomic E-state index is 11.0. The minimum Gasteiger partial charge on any atom is -0.481 e. The predicted octanol–water partition coefficient (Wildman–Crippen LogP) is 1.47. The third kappa shape index (κ3) is 2.38. The van der Waals surface area contributed by atoms with Crippen LogP contribution in [0, 0.1) is 12.8 Å². The first-order valence-electron chi connectivity index (χ1n) is 5.86. The number of nitrogens with zero attached hydrogens (tertiary/aromatic N) is 3. The number of carboxylic acid groups (broad SMARTS) is 1. The summed E-state index contributed by atoms with van der Waals surface area (Å²) in [7, 11) is 0. The van der Waals surface area contributed by atoms with Gasteiger partial charge in [-0.15, -0.1) is 0 Å². The van der Waals surface area contributed by atoms with Crippen molar-refractivity contribution in [3.05, 3.63) is 18.1 Å². The van der Waals surface area contributed by atoms with Gasteiger partial charge in [0.05, 0.1) is 11.6 Å². The summed E-state index contributed by atoms with van der Waals surface area (Å²) >= 11 is 0. The van der Waals surface area contributed by atoms with Gasteiger partial charge in [-0.25, -0.2) is 4.98 Å². The molecule has 1 aliphatic rings. The van der Waals surface area contributed by atoms with E-state index in [1.807, 2.05) is 13.8 Å². The Morgan fingerprint density at radius 1 is 1.47 bits per heavy atom. The van der Waals surface area contributed by atoms with E-state index < -0.39 is 5.97 Å². The fourth-order valence-electron chi connectivity index (χ4n) is 2.39. The number of aliphatic carboxylic acids is 1. The maximum absolute atomic E-state index is 11.0. The van der Waals surface area contributed by atoms with Crippen LogP contribution in [0.25, 0.3) is 0 Å². The van der Waals surface area contributed by atoms with E-state index in [2.05, 4.69) is 14.9 Å². The van der Waals surface area contributed by atoms with Gasteiger partial charge in [0.15, 0.2) is 0 Å². The molecule has 92 valence electrons. The van der Waals surface area contributed by atoms with Crippen molar-refractivity contribution in [2.45, 2.75) is 32.7 Å². The van der Waals surface area contributed by atoms with Crippen LogP contribution < -0.4 is 4.90 Å². The summed E-state index contributed by atoms with van der Waals surface area (Å²) in [6.45, 7) is 4.71. The Balaban J connectivity index is 2.15. The fraction of sp³-hybridized carbons (Fsp3) is 0.583. The van der Waals surface area contributed by atoms with Crippen LogP contribution in [0.15, 0.2) is 12.4 Å². The Morgan fingerprint density at radius 3 is 2.76 bits per heavy atom. The molecule has 1 aromatic rings. The highest BCUT2D eigenvalue weighted by atomic mass is 16.4. The lowest BCUT2D eigenvalue weighted by atomic mass is 9.91. The van der Waals surface area contributed by atoms with Crippen molar-refractivity contribution >= 4 is 11.8 Å². The Bertz CT molecular complexity index is 422. The van der Waals surface area contributed by atoms with Crippen molar-refractivity contribution in [3.8, 4) is 0 Å². The van der Waals surface area contributed by atoms with Crippen LogP contribution >= 0.6 is 0 Å². The van der Waals surface area contributed by atoms with Crippen LogP contribution in [0.5, 0.6) is 0 Å². The van der Waals surface area contributed by atoms with Crippen LogP contribution in [-0.4, -0.2) is 33.6 Å². The molecule has 2 unspecified atom stereocenters. The van der Waals surface area contributed by atoms with E-state index >= 15 is 0 Å². The van der Waals surface area contributed by atoms with Crippen LogP contribution in [0.3, 0.4) is 0 Å². The standard InChI is InChI=1S/C12H17N3O2/c1-8-7-10(12(16)17)3-6-15(8)11-9(2)13-4-5-14-11/h4-5,8,10H,3,6-7H2,1-2H3,(H,16,17). The van der Waals surface area contributed by atoms with E-state index in [4.69, 9.17) is 5.11 Å². The zero-order chi connectivity index (χ0) is 12.4. The second-order valence-corrected chi connectivity index (χ2v) is 4.57. The quantitative estimate of drug-likeness (QED) is 0.841. The number of hydrogen-bond acceptors (Lipinski definition) is 4. The smallest absolute Gasteiger partial charge is 0.306 e. The fourth-order valence-corrected chi connectivity index (χ4v) is 2.39. The molecule has 1 saturated heterocycles. The van der Waals surface area contributed by atoms with Crippen molar-refractivity contribution in [2.24, 2.45) is 5.92 Å². The Kier molecular flexibility index (Phi) is 3.26. The van der Waals surface area contributed by atoms with Gasteiger partial charge in [0.1, 0.15) is 5.82 Å². The van der Waals surface area contributed by atoms with E-state index in [-0.39, 0.29) is 12.0 Å². The van der Waals surface area contributed by atoms with Crippen LogP contribution in [-0.2, 0) is 4.79 Å². The van der Waals surface area contributed by atoms with Crippen LogP contribution in [0.1, 0.15) is 25.5 Å². The van der Waals surface area contributed by atoms with Crippen LogP contribution in [0.4, 0.5) is 5.82 Å². The average molecular weight is 235 g/mol. The summed E-state index contributed by atoms with van der Waals surface area (Å²) in [5.41, 5.74) is 0.896. The molecule has 0 aromatic carbocycles. The molecular weight excluding hydrogens is 218 g/mol. The third-order valence-corrected chi connectivity index (χ3v) is 3.35. The number of piperidine rings is 1. The summed E-state index contributed by atoms with van der Waals surface area (Å²) in [5.74, 6) is -0.0329. The summed E-state index contributed by atoms with van der Waals surface area (Å²) in [4.78, 5) is 21.7. The molecule has 0 saturated carbocycles. The van der Waals surface area contributed by atoms with Gasteiger partial charge >= 0.3 is 5.97 Å². The molecule has 17 heavy (non-hydrogen) atoms. The number of anilines is 1. The lowest BCUT2D eigenvalue weighted by molar-refractivity contribution is -0.142. The molecular formula is C12H17N3O2. The number of carbonyl (C=O) groups is 1. The summed E-state index contributed by atoms with van der Waals surface area (Å²) < 4.78 is 0. The van der Waals surface area contributed by atoms with E-state index in [0.29, 0.717) is 12.8 Å². The zero-order valence-corrected chi connectivity index (χ0v) is 10.1. The van der Waals surface area contributed by atoms with E-state index in [1.165, 1.54) is 0 Å². The minimum atomic E-state index is -0.688. The number of hydrogen-bond donors (Lipinski definition) is 1. The first-order chi connectivity index (χ1) is 8.09. The Labute approximate surface area is 100 Å². The van der Waals surface area contributed by atoms with Crippen molar-refractivity contribution in [2.75, 3.05) is 11.4 Å². The zero-order valence-electron chi connectivity index (χ0n) is 10.1. The lowest BCUT2D eigenvalue weighted by Crippen LogP contribution is -2.43. The molecule has 5 heteroatoms.